The molecule has 1 atom stereocenters. The molecule has 3 rings (SSSR count). The van der Waals surface area contributed by atoms with E-state index in [2.05, 4.69) is 0 Å². The van der Waals surface area contributed by atoms with E-state index in [1.807, 2.05) is 6.07 Å². The van der Waals surface area contributed by atoms with Crippen molar-refractivity contribution in [3.05, 3.63) is 64.1 Å². The van der Waals surface area contributed by atoms with Crippen LogP contribution in [0, 0.1) is 0 Å². The number of sulfonamides is 1. The summed E-state index contributed by atoms with van der Waals surface area (Å²) >= 11 is 11.9. The molecule has 26 heavy (non-hydrogen) atoms. The van der Waals surface area contributed by atoms with Gasteiger partial charge in [0, 0.05) is 18.1 Å². The Morgan fingerprint density at radius 3 is 2.38 bits per heavy atom. The maximum Gasteiger partial charge on any atom is 0.244 e. The van der Waals surface area contributed by atoms with Crippen LogP contribution >= 0.6 is 23.2 Å². The summed E-state index contributed by atoms with van der Waals surface area (Å²) in [4.78, 5) is -0.109. The minimum atomic E-state index is -3.94. The summed E-state index contributed by atoms with van der Waals surface area (Å²) in [6, 6.07) is 13.1. The molecule has 0 bridgehead atoms. The number of rotatable bonds is 3. The highest BCUT2D eigenvalue weighted by atomic mass is 35.5. The lowest BCUT2D eigenvalue weighted by Gasteiger charge is -2.20. The van der Waals surface area contributed by atoms with Crippen molar-refractivity contribution in [1.82, 2.24) is 4.31 Å². The van der Waals surface area contributed by atoms with Crippen LogP contribution in [-0.2, 0) is 19.9 Å². The SMILES string of the molecule is O=S1(=O)CCN(S(=O)(=O)c2cc(Cl)ccc2Cl)CCC1c1ccccc1. The van der Waals surface area contributed by atoms with Crippen molar-refractivity contribution in [2.24, 2.45) is 0 Å². The zero-order chi connectivity index (χ0) is 18.9. The predicted molar refractivity (Wildman–Crippen MR) is 103 cm³/mol. The lowest BCUT2D eigenvalue weighted by Crippen LogP contribution is -2.33. The van der Waals surface area contributed by atoms with Gasteiger partial charge < -0.3 is 0 Å². The molecule has 5 nitrogen and oxygen atoms in total. The largest absolute Gasteiger partial charge is 0.244 e. The zero-order valence-corrected chi connectivity index (χ0v) is 16.8. The topological polar surface area (TPSA) is 71.5 Å². The Balaban J connectivity index is 1.94. The number of halogens is 2. The summed E-state index contributed by atoms with van der Waals surface area (Å²) in [5.74, 6) is -0.246. The van der Waals surface area contributed by atoms with E-state index in [0.29, 0.717) is 5.56 Å². The fourth-order valence-electron chi connectivity index (χ4n) is 3.02. The lowest BCUT2D eigenvalue weighted by atomic mass is 10.1. The minimum absolute atomic E-state index is 0.0566. The van der Waals surface area contributed by atoms with Crippen molar-refractivity contribution in [3.63, 3.8) is 0 Å². The molecule has 9 heteroatoms. The van der Waals surface area contributed by atoms with Crippen LogP contribution in [0.1, 0.15) is 17.2 Å². The van der Waals surface area contributed by atoms with Gasteiger partial charge >= 0.3 is 0 Å². The first kappa shape index (κ1) is 19.6. The second kappa shape index (κ2) is 7.48. The molecule has 0 radical (unpaired) electrons. The molecule has 0 saturated carbocycles. The fraction of sp³-hybridized carbons (Fsp3) is 0.294. The van der Waals surface area contributed by atoms with Crippen molar-refractivity contribution in [2.45, 2.75) is 16.6 Å². The van der Waals surface area contributed by atoms with Gasteiger partial charge in [-0.1, -0.05) is 53.5 Å². The third-order valence-corrected chi connectivity index (χ3v) is 9.12. The molecule has 2 aromatic carbocycles. The van der Waals surface area contributed by atoms with Gasteiger partial charge in [-0.3, -0.25) is 0 Å². The number of benzene rings is 2. The molecule has 0 aliphatic carbocycles. The molecule has 2 aromatic rings. The van der Waals surface area contributed by atoms with E-state index in [-0.39, 0.29) is 40.2 Å². The van der Waals surface area contributed by atoms with Gasteiger partial charge in [0.25, 0.3) is 0 Å². The first-order chi connectivity index (χ1) is 12.2. The molecule has 1 unspecified atom stereocenters. The quantitative estimate of drug-likeness (QED) is 0.741. The van der Waals surface area contributed by atoms with Gasteiger partial charge in [-0.15, -0.1) is 0 Å². The van der Waals surface area contributed by atoms with Crippen LogP contribution in [0.4, 0.5) is 0 Å². The third-order valence-electron chi connectivity index (χ3n) is 4.38. The highest BCUT2D eigenvalue weighted by molar-refractivity contribution is 7.92. The van der Waals surface area contributed by atoms with E-state index in [0.717, 1.165) is 0 Å². The van der Waals surface area contributed by atoms with Crippen LogP contribution in [0.25, 0.3) is 0 Å². The van der Waals surface area contributed by atoms with E-state index in [4.69, 9.17) is 23.2 Å². The Hall–Kier alpha value is -1.12. The Morgan fingerprint density at radius 2 is 1.69 bits per heavy atom. The summed E-state index contributed by atoms with van der Waals surface area (Å²) in [5, 5.41) is -0.419. The van der Waals surface area contributed by atoms with Crippen molar-refractivity contribution in [3.8, 4) is 0 Å². The third kappa shape index (κ3) is 3.92. The van der Waals surface area contributed by atoms with Gasteiger partial charge in [-0.2, -0.15) is 4.31 Å². The first-order valence-electron chi connectivity index (χ1n) is 7.93. The van der Waals surface area contributed by atoms with Crippen molar-refractivity contribution >= 4 is 43.1 Å². The van der Waals surface area contributed by atoms with Crippen molar-refractivity contribution in [1.29, 1.82) is 0 Å². The molecule has 1 aliphatic heterocycles. The molecule has 1 aliphatic rings. The number of sulfone groups is 1. The van der Waals surface area contributed by atoms with Gasteiger partial charge in [-0.25, -0.2) is 16.8 Å². The number of nitrogens with zero attached hydrogens (tertiary/aromatic N) is 1. The van der Waals surface area contributed by atoms with E-state index in [1.165, 1.54) is 22.5 Å². The summed E-state index contributed by atoms with van der Waals surface area (Å²) in [5.41, 5.74) is 0.674. The molecule has 1 fully saturated rings. The van der Waals surface area contributed by atoms with Gasteiger partial charge in [0.2, 0.25) is 10.0 Å². The van der Waals surface area contributed by atoms with Gasteiger partial charge in [-0.05, 0) is 30.2 Å². The van der Waals surface area contributed by atoms with E-state index < -0.39 is 25.1 Å². The predicted octanol–water partition coefficient (Wildman–Crippen LogP) is 3.54. The fourth-order valence-corrected chi connectivity index (χ4v) is 7.12. The van der Waals surface area contributed by atoms with Crippen LogP contribution in [0.2, 0.25) is 10.0 Å². The summed E-state index contributed by atoms with van der Waals surface area (Å²) in [6.45, 7) is -0.0270. The average molecular weight is 434 g/mol. The molecule has 1 saturated heterocycles. The van der Waals surface area contributed by atoms with Gasteiger partial charge in [0.1, 0.15) is 4.90 Å². The maximum absolute atomic E-state index is 13.0. The second-order valence-electron chi connectivity index (χ2n) is 6.03. The first-order valence-corrected chi connectivity index (χ1v) is 11.8. The number of hydrogen-bond donors (Lipinski definition) is 0. The molecular weight excluding hydrogens is 417 g/mol. The van der Waals surface area contributed by atoms with E-state index >= 15 is 0 Å². The van der Waals surface area contributed by atoms with E-state index in [9.17, 15) is 16.8 Å². The number of hydrogen-bond acceptors (Lipinski definition) is 4. The zero-order valence-electron chi connectivity index (χ0n) is 13.7. The highest BCUT2D eigenvalue weighted by Gasteiger charge is 2.36. The summed E-state index contributed by atoms with van der Waals surface area (Å²) in [7, 11) is -7.41. The van der Waals surface area contributed by atoms with Crippen LogP contribution in [-0.4, -0.2) is 40.0 Å². The van der Waals surface area contributed by atoms with E-state index in [1.54, 1.807) is 24.3 Å². The lowest BCUT2D eigenvalue weighted by molar-refractivity contribution is 0.428. The molecule has 0 amide bonds. The summed E-state index contributed by atoms with van der Waals surface area (Å²) < 4.78 is 52.4. The minimum Gasteiger partial charge on any atom is -0.228 e. The monoisotopic (exact) mass is 433 g/mol. The molecule has 140 valence electrons. The Kier molecular flexibility index (Phi) is 5.65. The van der Waals surface area contributed by atoms with Crippen molar-refractivity contribution < 1.29 is 16.8 Å². The smallest absolute Gasteiger partial charge is 0.228 e. The van der Waals surface area contributed by atoms with Crippen molar-refractivity contribution in [2.75, 3.05) is 18.8 Å². The molecule has 1 heterocycles. The Bertz CT molecular complexity index is 1010. The van der Waals surface area contributed by atoms with Crippen LogP contribution in [0.3, 0.4) is 0 Å². The molecule has 0 N–H and O–H groups in total. The second-order valence-corrected chi connectivity index (χ2v) is 11.1. The van der Waals surface area contributed by atoms with Crippen LogP contribution in [0.5, 0.6) is 0 Å². The highest BCUT2D eigenvalue weighted by Crippen LogP contribution is 2.33. The van der Waals surface area contributed by atoms with Gasteiger partial charge in [0.05, 0.1) is 16.0 Å². The van der Waals surface area contributed by atoms with Gasteiger partial charge in [0.15, 0.2) is 9.84 Å². The van der Waals surface area contributed by atoms with Crippen LogP contribution in [0.15, 0.2) is 53.4 Å². The molecular formula is C17H17Cl2NO4S2. The Morgan fingerprint density at radius 1 is 1.00 bits per heavy atom. The summed E-state index contributed by atoms with van der Waals surface area (Å²) in [6.07, 6.45) is 0.184. The van der Waals surface area contributed by atoms with Crippen LogP contribution < -0.4 is 0 Å². The average Bonchev–Trinajstić information content (AvgIpc) is 2.76. The molecule has 0 aromatic heterocycles. The Labute approximate surface area is 163 Å². The standard InChI is InChI=1S/C17H17Cl2NO4S2/c18-14-6-7-15(19)17(12-14)26(23,24)20-9-8-16(25(21,22)11-10-20)13-4-2-1-3-5-13/h1-7,12,16H,8-11H2. The molecule has 0 spiro atoms. The maximum atomic E-state index is 13.0. The normalized spacial score (nSPS) is 21.2.